The molecular weight excluding hydrogens is 301 g/mol. The molecule has 1 aliphatic rings. The van der Waals surface area contributed by atoms with Crippen LogP contribution in [-0.4, -0.2) is 6.54 Å². The van der Waals surface area contributed by atoms with Crippen LogP contribution in [-0.2, 0) is 0 Å². The summed E-state index contributed by atoms with van der Waals surface area (Å²) in [6, 6.07) is 14.9. The zero-order valence-corrected chi connectivity index (χ0v) is 13.7. The van der Waals surface area contributed by atoms with Crippen molar-refractivity contribution >= 4 is 28.9 Å². The molecule has 2 aromatic rings. The fourth-order valence-electron chi connectivity index (χ4n) is 3.19. The summed E-state index contributed by atoms with van der Waals surface area (Å²) in [4.78, 5) is 2.51. The highest BCUT2D eigenvalue weighted by Crippen LogP contribution is 2.37. The van der Waals surface area contributed by atoms with Crippen molar-refractivity contribution in [2.24, 2.45) is 0 Å². The van der Waals surface area contributed by atoms with E-state index < -0.39 is 0 Å². The lowest BCUT2D eigenvalue weighted by Crippen LogP contribution is -2.33. The Kier molecular flexibility index (Phi) is 4.42. The topological polar surface area (TPSA) is 3.24 Å². The highest BCUT2D eigenvalue weighted by Gasteiger charge is 2.25. The molecule has 1 fully saturated rings. The third-order valence-electron chi connectivity index (χ3n) is 4.23. The fourth-order valence-corrected chi connectivity index (χ4v) is 3.55. The van der Waals surface area contributed by atoms with E-state index in [1.807, 2.05) is 24.3 Å². The van der Waals surface area contributed by atoms with Crippen molar-refractivity contribution in [1.82, 2.24) is 0 Å². The molecule has 1 atom stereocenters. The second kappa shape index (κ2) is 6.29. The Labute approximate surface area is 136 Å². The summed E-state index contributed by atoms with van der Waals surface area (Å²) in [5.41, 5.74) is 3.87. The molecule has 0 spiro atoms. The van der Waals surface area contributed by atoms with Crippen molar-refractivity contribution in [3.63, 3.8) is 0 Å². The Morgan fingerprint density at radius 1 is 0.952 bits per heavy atom. The van der Waals surface area contributed by atoms with Gasteiger partial charge in [-0.2, -0.15) is 0 Å². The van der Waals surface area contributed by atoms with E-state index in [4.69, 9.17) is 23.2 Å². The molecule has 0 bridgehead atoms. The van der Waals surface area contributed by atoms with Crippen molar-refractivity contribution in [1.29, 1.82) is 0 Å². The SMILES string of the molecule is Cc1cc(Cl)ccc1N1CCCC[C@H]1c1ccc(Cl)cc1. The van der Waals surface area contributed by atoms with Crippen LogP contribution >= 0.6 is 23.2 Å². The number of aryl methyl sites for hydroxylation is 1. The molecule has 0 radical (unpaired) electrons. The number of halogens is 2. The number of hydrogen-bond donors (Lipinski definition) is 0. The van der Waals surface area contributed by atoms with Gasteiger partial charge >= 0.3 is 0 Å². The number of piperidine rings is 1. The molecule has 3 heteroatoms. The molecule has 0 unspecified atom stereocenters. The fraction of sp³-hybridized carbons (Fsp3) is 0.333. The van der Waals surface area contributed by atoms with E-state index >= 15 is 0 Å². The molecule has 1 saturated heterocycles. The van der Waals surface area contributed by atoms with Crippen LogP contribution in [0.25, 0.3) is 0 Å². The highest BCUT2D eigenvalue weighted by atomic mass is 35.5. The smallest absolute Gasteiger partial charge is 0.0542 e. The van der Waals surface area contributed by atoms with Crippen LogP contribution in [0.4, 0.5) is 5.69 Å². The number of rotatable bonds is 2. The molecule has 0 saturated carbocycles. The summed E-state index contributed by atoms with van der Waals surface area (Å²) >= 11 is 12.1. The standard InChI is InChI=1S/C18H19Cl2N/c1-13-12-16(20)9-10-17(13)21-11-3-2-4-18(21)14-5-7-15(19)8-6-14/h5-10,12,18H,2-4,11H2,1H3/t18-/m0/s1. The average molecular weight is 320 g/mol. The van der Waals surface area contributed by atoms with Gasteiger partial charge in [-0.3, -0.25) is 0 Å². The Morgan fingerprint density at radius 2 is 1.67 bits per heavy atom. The summed E-state index contributed by atoms with van der Waals surface area (Å²) in [5, 5.41) is 1.60. The van der Waals surface area contributed by atoms with Gasteiger partial charge in [-0.15, -0.1) is 0 Å². The van der Waals surface area contributed by atoms with Crippen LogP contribution in [0.2, 0.25) is 10.0 Å². The van der Waals surface area contributed by atoms with Gasteiger partial charge in [0.15, 0.2) is 0 Å². The van der Waals surface area contributed by atoms with Crippen LogP contribution in [0, 0.1) is 6.92 Å². The second-order valence-corrected chi connectivity index (χ2v) is 6.56. The van der Waals surface area contributed by atoms with Crippen molar-refractivity contribution in [3.05, 3.63) is 63.6 Å². The number of nitrogens with zero attached hydrogens (tertiary/aromatic N) is 1. The van der Waals surface area contributed by atoms with Gasteiger partial charge in [0.2, 0.25) is 0 Å². The quantitative estimate of drug-likeness (QED) is 0.652. The minimum Gasteiger partial charge on any atom is -0.364 e. The maximum absolute atomic E-state index is 6.09. The van der Waals surface area contributed by atoms with Crippen LogP contribution in [0.3, 0.4) is 0 Å². The molecule has 0 aliphatic carbocycles. The zero-order valence-electron chi connectivity index (χ0n) is 12.2. The first-order valence-corrected chi connectivity index (χ1v) is 8.19. The molecule has 1 heterocycles. The molecule has 3 rings (SSSR count). The molecule has 0 N–H and O–H groups in total. The molecule has 0 aromatic heterocycles. The van der Waals surface area contributed by atoms with Crippen LogP contribution in [0.1, 0.15) is 36.4 Å². The van der Waals surface area contributed by atoms with Crippen molar-refractivity contribution in [2.75, 3.05) is 11.4 Å². The Balaban J connectivity index is 1.96. The van der Waals surface area contributed by atoms with Crippen molar-refractivity contribution < 1.29 is 0 Å². The Morgan fingerprint density at radius 3 is 2.38 bits per heavy atom. The summed E-state index contributed by atoms with van der Waals surface area (Å²) in [7, 11) is 0. The molecule has 1 aliphatic heterocycles. The van der Waals surface area contributed by atoms with E-state index in [1.165, 1.54) is 36.1 Å². The largest absolute Gasteiger partial charge is 0.364 e. The Hall–Kier alpha value is -1.18. The number of hydrogen-bond acceptors (Lipinski definition) is 1. The normalized spacial score (nSPS) is 18.8. The van der Waals surface area contributed by atoms with Gasteiger partial charge in [0, 0.05) is 22.3 Å². The lowest BCUT2D eigenvalue weighted by Gasteiger charge is -2.39. The van der Waals surface area contributed by atoms with E-state index in [0.29, 0.717) is 6.04 Å². The summed E-state index contributed by atoms with van der Waals surface area (Å²) in [6.07, 6.45) is 3.70. The van der Waals surface area contributed by atoms with Gasteiger partial charge < -0.3 is 4.90 Å². The van der Waals surface area contributed by atoms with Gasteiger partial charge in [-0.1, -0.05) is 35.3 Å². The Bertz CT molecular complexity index is 622. The van der Waals surface area contributed by atoms with Crippen LogP contribution in [0.5, 0.6) is 0 Å². The maximum atomic E-state index is 6.09. The van der Waals surface area contributed by atoms with E-state index in [0.717, 1.165) is 16.6 Å². The van der Waals surface area contributed by atoms with E-state index in [-0.39, 0.29) is 0 Å². The summed E-state index contributed by atoms with van der Waals surface area (Å²) in [6.45, 7) is 3.23. The van der Waals surface area contributed by atoms with Crippen molar-refractivity contribution in [3.8, 4) is 0 Å². The number of benzene rings is 2. The van der Waals surface area contributed by atoms with Gasteiger partial charge in [0.25, 0.3) is 0 Å². The van der Waals surface area contributed by atoms with E-state index in [1.54, 1.807) is 0 Å². The molecule has 21 heavy (non-hydrogen) atoms. The van der Waals surface area contributed by atoms with Crippen LogP contribution < -0.4 is 4.90 Å². The molecular formula is C18H19Cl2N. The van der Waals surface area contributed by atoms with Gasteiger partial charge in [-0.05, 0) is 67.6 Å². The predicted octanol–water partition coefficient (Wildman–Crippen LogP) is 6.03. The number of anilines is 1. The highest BCUT2D eigenvalue weighted by molar-refractivity contribution is 6.31. The average Bonchev–Trinajstić information content (AvgIpc) is 2.48. The molecule has 2 aromatic carbocycles. The molecule has 0 amide bonds. The lowest BCUT2D eigenvalue weighted by atomic mass is 9.94. The molecule has 1 nitrogen and oxygen atoms in total. The minimum absolute atomic E-state index is 0.427. The first-order valence-electron chi connectivity index (χ1n) is 7.43. The first kappa shape index (κ1) is 14.7. The van der Waals surface area contributed by atoms with Gasteiger partial charge in [0.1, 0.15) is 0 Å². The first-order chi connectivity index (χ1) is 10.1. The van der Waals surface area contributed by atoms with Gasteiger partial charge in [0.05, 0.1) is 6.04 Å². The van der Waals surface area contributed by atoms with E-state index in [2.05, 4.69) is 30.0 Å². The minimum atomic E-state index is 0.427. The second-order valence-electron chi connectivity index (χ2n) is 5.69. The third kappa shape index (κ3) is 3.20. The maximum Gasteiger partial charge on any atom is 0.0542 e. The molecule has 110 valence electrons. The zero-order chi connectivity index (χ0) is 14.8. The monoisotopic (exact) mass is 319 g/mol. The lowest BCUT2D eigenvalue weighted by molar-refractivity contribution is 0.472. The van der Waals surface area contributed by atoms with Crippen LogP contribution in [0.15, 0.2) is 42.5 Å². The van der Waals surface area contributed by atoms with E-state index in [9.17, 15) is 0 Å². The summed E-state index contributed by atoms with van der Waals surface area (Å²) < 4.78 is 0. The van der Waals surface area contributed by atoms with Gasteiger partial charge in [-0.25, -0.2) is 0 Å². The van der Waals surface area contributed by atoms with Crippen molar-refractivity contribution in [2.45, 2.75) is 32.2 Å². The summed E-state index contributed by atoms with van der Waals surface area (Å²) in [5.74, 6) is 0. The predicted molar refractivity (Wildman–Crippen MR) is 91.6 cm³/mol. The third-order valence-corrected chi connectivity index (χ3v) is 4.71.